The fourth-order valence-electron chi connectivity index (χ4n) is 3.72. The summed E-state index contributed by atoms with van der Waals surface area (Å²) in [7, 11) is 0. The molecule has 0 N–H and O–H groups in total. The zero-order valence-corrected chi connectivity index (χ0v) is 16.6. The molecule has 0 amide bonds. The van der Waals surface area contributed by atoms with Gasteiger partial charge in [0.05, 0.1) is 6.61 Å². The van der Waals surface area contributed by atoms with Crippen LogP contribution in [0.2, 0.25) is 0 Å². The quantitative estimate of drug-likeness (QED) is 0.375. The Labute approximate surface area is 162 Å². The number of hydrogen-bond acceptors (Lipinski definition) is 1. The zero-order valence-electron chi connectivity index (χ0n) is 16.6. The second-order valence-corrected chi connectivity index (χ2v) is 7.37. The summed E-state index contributed by atoms with van der Waals surface area (Å²) in [6, 6.07) is 16.5. The van der Waals surface area contributed by atoms with Crippen LogP contribution in [-0.4, -0.2) is 6.61 Å². The Morgan fingerprint density at radius 2 is 1.52 bits per heavy atom. The molecule has 27 heavy (non-hydrogen) atoms. The molecule has 0 atom stereocenters. The van der Waals surface area contributed by atoms with E-state index < -0.39 is 6.67 Å². The largest absolute Gasteiger partial charge is 0.494 e. The summed E-state index contributed by atoms with van der Waals surface area (Å²) >= 11 is 0. The molecule has 1 nitrogen and oxygen atoms in total. The molecule has 0 heterocycles. The third-order valence-electron chi connectivity index (χ3n) is 5.12. The van der Waals surface area contributed by atoms with Crippen molar-refractivity contribution in [1.29, 1.82) is 0 Å². The number of hydrogen-bond donors (Lipinski definition) is 0. The monoisotopic (exact) mass is 364 g/mol. The summed E-state index contributed by atoms with van der Waals surface area (Å²) in [6.07, 6.45) is 4.86. The zero-order chi connectivity index (χ0) is 19.2. The van der Waals surface area contributed by atoms with Gasteiger partial charge in [-0.05, 0) is 83.1 Å². The summed E-state index contributed by atoms with van der Waals surface area (Å²) in [6.45, 7) is 6.87. The van der Waals surface area contributed by atoms with Crippen LogP contribution in [0.15, 0.2) is 48.5 Å². The lowest BCUT2D eigenvalue weighted by Crippen LogP contribution is -1.99. The van der Waals surface area contributed by atoms with Gasteiger partial charge in [-0.25, -0.2) is 4.39 Å². The summed E-state index contributed by atoms with van der Waals surface area (Å²) in [5.41, 5.74) is 5.62. The number of fused-ring (bicyclic) bond motifs is 1. The lowest BCUT2D eigenvalue weighted by atomic mass is 9.93. The van der Waals surface area contributed by atoms with E-state index >= 15 is 0 Å². The molecule has 2 heteroatoms. The molecule has 0 saturated carbocycles. The number of halogens is 1. The highest BCUT2D eigenvalue weighted by Gasteiger charge is 2.09. The minimum Gasteiger partial charge on any atom is -0.494 e. The first-order chi connectivity index (χ1) is 13.1. The van der Waals surface area contributed by atoms with Crippen molar-refractivity contribution < 1.29 is 9.13 Å². The molecule has 0 radical (unpaired) electrons. The van der Waals surface area contributed by atoms with E-state index in [1.807, 2.05) is 18.2 Å². The maximum atomic E-state index is 12.9. The number of unbranched alkanes of at least 4 members (excludes halogenated alkanes) is 3. The van der Waals surface area contributed by atoms with Crippen LogP contribution in [0.5, 0.6) is 5.75 Å². The van der Waals surface area contributed by atoms with E-state index in [1.165, 1.54) is 41.5 Å². The van der Waals surface area contributed by atoms with Gasteiger partial charge in [-0.3, -0.25) is 0 Å². The van der Waals surface area contributed by atoms with E-state index in [0.717, 1.165) is 35.1 Å². The Balaban J connectivity index is 1.83. The average molecular weight is 365 g/mol. The van der Waals surface area contributed by atoms with Crippen LogP contribution in [0.1, 0.15) is 49.3 Å². The minimum absolute atomic E-state index is 0.421. The molecule has 0 fully saturated rings. The van der Waals surface area contributed by atoms with Gasteiger partial charge in [-0.15, -0.1) is 0 Å². The van der Waals surface area contributed by atoms with Crippen LogP contribution in [0.3, 0.4) is 0 Å². The molecule has 3 aromatic carbocycles. The highest BCUT2D eigenvalue weighted by molar-refractivity contribution is 5.89. The van der Waals surface area contributed by atoms with Gasteiger partial charge in [0, 0.05) is 0 Å². The second kappa shape index (κ2) is 9.03. The van der Waals surface area contributed by atoms with Crippen molar-refractivity contribution in [3.63, 3.8) is 0 Å². The standard InChI is InChI=1S/C25H29FO/c1-4-5-6-7-12-27-24-13-18(2)25(19(3)14-24)23-11-10-21-15-20(17-26)8-9-22(21)16-23/h8-11,13-16H,4-7,12,17H2,1-3H3. The molecule has 142 valence electrons. The Hall–Kier alpha value is -2.35. The highest BCUT2D eigenvalue weighted by atomic mass is 19.1. The highest BCUT2D eigenvalue weighted by Crippen LogP contribution is 2.33. The van der Waals surface area contributed by atoms with Crippen molar-refractivity contribution in [3.05, 3.63) is 65.2 Å². The number of rotatable bonds is 8. The summed E-state index contributed by atoms with van der Waals surface area (Å²) in [5.74, 6) is 0.957. The Bertz CT molecular complexity index is 890. The van der Waals surface area contributed by atoms with Crippen LogP contribution in [-0.2, 0) is 6.67 Å². The first kappa shape index (κ1) is 19.4. The van der Waals surface area contributed by atoms with Gasteiger partial charge in [0.1, 0.15) is 12.4 Å². The molecule has 0 aliphatic carbocycles. The molecule has 0 spiro atoms. The van der Waals surface area contributed by atoms with Gasteiger partial charge in [0.2, 0.25) is 0 Å². The second-order valence-electron chi connectivity index (χ2n) is 7.37. The van der Waals surface area contributed by atoms with Crippen molar-refractivity contribution in [2.24, 2.45) is 0 Å². The van der Waals surface area contributed by atoms with E-state index in [2.05, 4.69) is 51.1 Å². The lowest BCUT2D eigenvalue weighted by Gasteiger charge is -2.15. The van der Waals surface area contributed by atoms with E-state index in [9.17, 15) is 4.39 Å². The number of ether oxygens (including phenoxy) is 1. The van der Waals surface area contributed by atoms with Gasteiger partial charge in [0.25, 0.3) is 0 Å². The topological polar surface area (TPSA) is 9.23 Å². The molecular weight excluding hydrogens is 335 g/mol. The molecule has 0 unspecified atom stereocenters. The van der Waals surface area contributed by atoms with Crippen molar-refractivity contribution >= 4 is 10.8 Å². The summed E-state index contributed by atoms with van der Waals surface area (Å²) < 4.78 is 18.8. The fourth-order valence-corrected chi connectivity index (χ4v) is 3.72. The summed E-state index contributed by atoms with van der Waals surface area (Å²) in [5, 5.41) is 2.22. The fraction of sp³-hybridized carbons (Fsp3) is 0.360. The van der Waals surface area contributed by atoms with Gasteiger partial charge >= 0.3 is 0 Å². The predicted octanol–water partition coefficient (Wildman–Crippen LogP) is 7.55. The normalized spacial score (nSPS) is 11.1. The van der Waals surface area contributed by atoms with Crippen molar-refractivity contribution in [3.8, 4) is 16.9 Å². The van der Waals surface area contributed by atoms with Crippen LogP contribution in [0, 0.1) is 13.8 Å². The van der Waals surface area contributed by atoms with Crippen LogP contribution >= 0.6 is 0 Å². The molecule has 0 aliphatic rings. The number of aryl methyl sites for hydroxylation is 2. The van der Waals surface area contributed by atoms with E-state index in [1.54, 1.807) is 0 Å². The smallest absolute Gasteiger partial charge is 0.119 e. The Morgan fingerprint density at radius 1 is 0.815 bits per heavy atom. The van der Waals surface area contributed by atoms with Gasteiger partial charge in [0.15, 0.2) is 0 Å². The van der Waals surface area contributed by atoms with E-state index in [0.29, 0.717) is 0 Å². The van der Waals surface area contributed by atoms with Crippen LogP contribution in [0.25, 0.3) is 21.9 Å². The lowest BCUT2D eigenvalue weighted by molar-refractivity contribution is 0.305. The Kier molecular flexibility index (Phi) is 6.49. The van der Waals surface area contributed by atoms with Crippen molar-refractivity contribution in [2.45, 2.75) is 53.1 Å². The first-order valence-corrected chi connectivity index (χ1v) is 9.95. The first-order valence-electron chi connectivity index (χ1n) is 9.95. The minimum atomic E-state index is -0.421. The van der Waals surface area contributed by atoms with E-state index in [4.69, 9.17) is 4.74 Å². The molecule has 3 rings (SSSR count). The van der Waals surface area contributed by atoms with Crippen molar-refractivity contribution in [1.82, 2.24) is 0 Å². The SMILES string of the molecule is CCCCCCOc1cc(C)c(-c2ccc3cc(CF)ccc3c2)c(C)c1. The average Bonchev–Trinajstić information content (AvgIpc) is 2.67. The maximum absolute atomic E-state index is 12.9. The number of benzene rings is 3. The van der Waals surface area contributed by atoms with Crippen LogP contribution in [0.4, 0.5) is 4.39 Å². The molecule has 0 aliphatic heterocycles. The summed E-state index contributed by atoms with van der Waals surface area (Å²) in [4.78, 5) is 0. The third kappa shape index (κ3) is 4.68. The van der Waals surface area contributed by atoms with Crippen molar-refractivity contribution in [2.75, 3.05) is 6.61 Å². The Morgan fingerprint density at radius 3 is 2.22 bits per heavy atom. The predicted molar refractivity (Wildman–Crippen MR) is 113 cm³/mol. The third-order valence-corrected chi connectivity index (χ3v) is 5.12. The van der Waals surface area contributed by atoms with Crippen LogP contribution < -0.4 is 4.74 Å². The van der Waals surface area contributed by atoms with Gasteiger partial charge in [-0.1, -0.05) is 50.5 Å². The molecular formula is C25H29FO. The van der Waals surface area contributed by atoms with E-state index in [-0.39, 0.29) is 0 Å². The maximum Gasteiger partial charge on any atom is 0.119 e. The van der Waals surface area contributed by atoms with Gasteiger partial charge in [-0.2, -0.15) is 0 Å². The van der Waals surface area contributed by atoms with Gasteiger partial charge < -0.3 is 4.74 Å². The molecule has 0 saturated heterocycles. The molecule has 0 aromatic heterocycles. The number of alkyl halides is 1. The molecule has 0 bridgehead atoms. The molecule has 3 aromatic rings.